The molecule has 0 aliphatic carbocycles. The molecule has 0 atom stereocenters. The number of benzene rings is 2. The lowest BCUT2D eigenvalue weighted by Gasteiger charge is -2.10. The standard InChI is InChI=1S/C18H11ClF5N3/c19-15-8-16(25-9-10-4-5-13(20)14(21)6-10)27-17(26-15)11-2-1-3-12(7-11)18(22,23)24/h1-8H,9H2,(H,25,26,27). The Hall–Kier alpha value is -2.74. The molecule has 9 heteroatoms. The second kappa shape index (κ2) is 7.48. The molecule has 3 aromatic rings. The van der Waals surface area contributed by atoms with E-state index in [1.54, 1.807) is 0 Å². The Kier molecular flexibility index (Phi) is 5.27. The lowest BCUT2D eigenvalue weighted by Crippen LogP contribution is -2.06. The van der Waals surface area contributed by atoms with E-state index in [2.05, 4.69) is 15.3 Å². The predicted molar refractivity (Wildman–Crippen MR) is 91.2 cm³/mol. The Balaban J connectivity index is 1.85. The number of nitrogens with zero attached hydrogens (tertiary/aromatic N) is 2. The van der Waals surface area contributed by atoms with Gasteiger partial charge < -0.3 is 5.32 Å². The fourth-order valence-electron chi connectivity index (χ4n) is 2.31. The fourth-order valence-corrected chi connectivity index (χ4v) is 2.50. The van der Waals surface area contributed by atoms with E-state index in [-0.39, 0.29) is 28.9 Å². The van der Waals surface area contributed by atoms with Gasteiger partial charge in [0.05, 0.1) is 5.56 Å². The van der Waals surface area contributed by atoms with Crippen LogP contribution in [0.5, 0.6) is 0 Å². The first kappa shape index (κ1) is 19.0. The Morgan fingerprint density at radius 3 is 2.41 bits per heavy atom. The summed E-state index contributed by atoms with van der Waals surface area (Å²) in [6.07, 6.45) is -4.50. The van der Waals surface area contributed by atoms with Crippen molar-refractivity contribution in [3.63, 3.8) is 0 Å². The van der Waals surface area contributed by atoms with E-state index >= 15 is 0 Å². The van der Waals surface area contributed by atoms with Crippen LogP contribution in [0.2, 0.25) is 5.15 Å². The summed E-state index contributed by atoms with van der Waals surface area (Å²) >= 11 is 5.93. The minimum atomic E-state index is -4.50. The number of hydrogen-bond acceptors (Lipinski definition) is 3. The fraction of sp³-hybridized carbons (Fsp3) is 0.111. The molecule has 0 saturated heterocycles. The van der Waals surface area contributed by atoms with Crippen molar-refractivity contribution >= 4 is 17.4 Å². The number of aromatic nitrogens is 2. The van der Waals surface area contributed by atoms with Crippen LogP contribution < -0.4 is 5.32 Å². The molecule has 2 aromatic carbocycles. The molecule has 0 unspecified atom stereocenters. The molecule has 1 aromatic heterocycles. The van der Waals surface area contributed by atoms with Crippen LogP contribution in [0.1, 0.15) is 11.1 Å². The Labute approximate surface area is 155 Å². The topological polar surface area (TPSA) is 37.8 Å². The van der Waals surface area contributed by atoms with Gasteiger partial charge >= 0.3 is 6.18 Å². The number of halogens is 6. The molecule has 0 fully saturated rings. The highest BCUT2D eigenvalue weighted by Crippen LogP contribution is 2.32. The quantitative estimate of drug-likeness (QED) is 0.451. The zero-order chi connectivity index (χ0) is 19.6. The van der Waals surface area contributed by atoms with Crippen molar-refractivity contribution in [3.05, 3.63) is 76.4 Å². The summed E-state index contributed by atoms with van der Waals surface area (Å²) in [6, 6.07) is 9.32. The van der Waals surface area contributed by atoms with Crippen LogP contribution in [-0.2, 0) is 12.7 Å². The smallest absolute Gasteiger partial charge is 0.366 e. The highest BCUT2D eigenvalue weighted by Gasteiger charge is 2.30. The first-order valence-electron chi connectivity index (χ1n) is 7.62. The SMILES string of the molecule is Fc1ccc(CNc2cc(Cl)nc(-c3cccc(C(F)(F)F)c3)n2)cc1F. The van der Waals surface area contributed by atoms with E-state index in [4.69, 9.17) is 11.6 Å². The average Bonchev–Trinajstić information content (AvgIpc) is 2.62. The molecule has 3 nitrogen and oxygen atoms in total. The van der Waals surface area contributed by atoms with Crippen LogP contribution in [0.4, 0.5) is 27.8 Å². The van der Waals surface area contributed by atoms with Crippen molar-refractivity contribution in [1.82, 2.24) is 9.97 Å². The molecule has 0 radical (unpaired) electrons. The normalized spacial score (nSPS) is 11.5. The monoisotopic (exact) mass is 399 g/mol. The maximum Gasteiger partial charge on any atom is 0.416 e. The van der Waals surface area contributed by atoms with Crippen molar-refractivity contribution in [2.75, 3.05) is 5.32 Å². The second-order valence-electron chi connectivity index (χ2n) is 5.58. The predicted octanol–water partition coefficient (Wildman–Crippen LogP) is 5.71. The van der Waals surface area contributed by atoms with Crippen LogP contribution in [-0.4, -0.2) is 9.97 Å². The Bertz CT molecular complexity index is 975. The molecule has 0 aliphatic rings. The van der Waals surface area contributed by atoms with E-state index in [0.29, 0.717) is 5.56 Å². The highest BCUT2D eigenvalue weighted by molar-refractivity contribution is 6.29. The summed E-state index contributed by atoms with van der Waals surface area (Å²) in [4.78, 5) is 8.09. The first-order chi connectivity index (χ1) is 12.7. The summed E-state index contributed by atoms with van der Waals surface area (Å²) in [7, 11) is 0. The minimum Gasteiger partial charge on any atom is -0.366 e. The number of anilines is 1. The van der Waals surface area contributed by atoms with Gasteiger partial charge in [-0.3, -0.25) is 0 Å². The maximum absolute atomic E-state index is 13.2. The van der Waals surface area contributed by atoms with Crippen LogP contribution in [0.15, 0.2) is 48.5 Å². The van der Waals surface area contributed by atoms with Crippen LogP contribution in [0.25, 0.3) is 11.4 Å². The zero-order valence-corrected chi connectivity index (χ0v) is 14.2. The minimum absolute atomic E-state index is 0.00128. The van der Waals surface area contributed by atoms with Crippen molar-refractivity contribution in [3.8, 4) is 11.4 Å². The van der Waals surface area contributed by atoms with Gasteiger partial charge in [0.25, 0.3) is 0 Å². The molecule has 0 spiro atoms. The van der Waals surface area contributed by atoms with Gasteiger partial charge in [-0.05, 0) is 29.8 Å². The van der Waals surface area contributed by atoms with Crippen molar-refractivity contribution in [2.24, 2.45) is 0 Å². The van der Waals surface area contributed by atoms with Crippen molar-refractivity contribution in [1.29, 1.82) is 0 Å². The molecular weight excluding hydrogens is 389 g/mol. The third kappa shape index (κ3) is 4.71. The Morgan fingerprint density at radius 1 is 0.926 bits per heavy atom. The lowest BCUT2D eigenvalue weighted by molar-refractivity contribution is -0.137. The third-order valence-electron chi connectivity index (χ3n) is 3.60. The van der Waals surface area contributed by atoms with Crippen molar-refractivity contribution < 1.29 is 22.0 Å². The van der Waals surface area contributed by atoms with Gasteiger partial charge in [-0.1, -0.05) is 29.8 Å². The van der Waals surface area contributed by atoms with E-state index in [0.717, 1.165) is 24.3 Å². The van der Waals surface area contributed by atoms with Crippen molar-refractivity contribution in [2.45, 2.75) is 12.7 Å². The van der Waals surface area contributed by atoms with Gasteiger partial charge in [-0.15, -0.1) is 0 Å². The van der Waals surface area contributed by atoms with E-state index in [9.17, 15) is 22.0 Å². The molecule has 3 rings (SSSR count). The molecule has 1 N–H and O–H groups in total. The van der Waals surface area contributed by atoms with Gasteiger partial charge in [0.1, 0.15) is 11.0 Å². The number of alkyl halides is 3. The lowest BCUT2D eigenvalue weighted by atomic mass is 10.1. The van der Waals surface area contributed by atoms with E-state index in [1.807, 2.05) is 0 Å². The maximum atomic E-state index is 13.2. The van der Waals surface area contributed by atoms with Gasteiger partial charge in [0.15, 0.2) is 17.5 Å². The molecule has 140 valence electrons. The molecule has 27 heavy (non-hydrogen) atoms. The van der Waals surface area contributed by atoms with Gasteiger partial charge in [0.2, 0.25) is 0 Å². The zero-order valence-electron chi connectivity index (χ0n) is 13.5. The molecule has 0 aliphatic heterocycles. The first-order valence-corrected chi connectivity index (χ1v) is 8.00. The number of nitrogens with one attached hydrogen (secondary N) is 1. The second-order valence-corrected chi connectivity index (χ2v) is 5.97. The molecular formula is C18H11ClF5N3. The van der Waals surface area contributed by atoms with Crippen LogP contribution >= 0.6 is 11.6 Å². The number of hydrogen-bond donors (Lipinski definition) is 1. The molecule has 0 bridgehead atoms. The van der Waals surface area contributed by atoms with Gasteiger partial charge in [0, 0.05) is 18.2 Å². The summed E-state index contributed by atoms with van der Waals surface area (Å²) in [5.41, 5.74) is -0.243. The van der Waals surface area contributed by atoms with Gasteiger partial charge in [-0.2, -0.15) is 13.2 Å². The largest absolute Gasteiger partial charge is 0.416 e. The number of rotatable bonds is 4. The van der Waals surface area contributed by atoms with Crippen LogP contribution in [0.3, 0.4) is 0 Å². The highest BCUT2D eigenvalue weighted by atomic mass is 35.5. The summed E-state index contributed by atoms with van der Waals surface area (Å²) in [5, 5.41) is 2.88. The van der Waals surface area contributed by atoms with Crippen LogP contribution in [0, 0.1) is 11.6 Å². The molecule has 1 heterocycles. The third-order valence-corrected chi connectivity index (χ3v) is 3.79. The van der Waals surface area contributed by atoms with E-state index in [1.165, 1.54) is 24.3 Å². The average molecular weight is 400 g/mol. The van der Waals surface area contributed by atoms with Gasteiger partial charge in [-0.25, -0.2) is 18.7 Å². The summed E-state index contributed by atoms with van der Waals surface area (Å²) < 4.78 is 64.8. The summed E-state index contributed by atoms with van der Waals surface area (Å²) in [5.74, 6) is -1.72. The Morgan fingerprint density at radius 2 is 1.70 bits per heavy atom. The molecule has 0 amide bonds. The summed E-state index contributed by atoms with van der Waals surface area (Å²) in [6.45, 7) is 0.104. The molecule has 0 saturated carbocycles. The van der Waals surface area contributed by atoms with E-state index < -0.39 is 23.4 Å².